The molecule has 6 nitrogen and oxygen atoms in total. The number of methoxy groups -OCH3 is 2. The number of benzene rings is 1. The van der Waals surface area contributed by atoms with Gasteiger partial charge in [-0.3, -0.25) is 9.78 Å². The van der Waals surface area contributed by atoms with Crippen LogP contribution in [0.1, 0.15) is 18.0 Å². The topological polar surface area (TPSA) is 63.7 Å². The molecule has 2 aromatic rings. The van der Waals surface area contributed by atoms with Crippen molar-refractivity contribution < 1.29 is 14.3 Å². The molecule has 1 aliphatic rings. The lowest BCUT2D eigenvalue weighted by atomic mass is 9.95. The highest BCUT2D eigenvalue weighted by atomic mass is 16.5. The summed E-state index contributed by atoms with van der Waals surface area (Å²) in [4.78, 5) is 18.9. The fourth-order valence-electron chi connectivity index (χ4n) is 2.94. The Morgan fingerprint density at radius 3 is 2.76 bits per heavy atom. The number of carbonyl (C=O) groups is 1. The van der Waals surface area contributed by atoms with E-state index in [0.717, 1.165) is 25.3 Å². The molecule has 1 fully saturated rings. The number of nitrogens with zero attached hydrogens (tertiary/aromatic N) is 2. The Labute approximate surface area is 147 Å². The van der Waals surface area contributed by atoms with Crippen molar-refractivity contribution in [1.29, 1.82) is 0 Å². The number of anilines is 1. The standard InChI is InChI=1S/C19H23N3O3/c1-24-15-6-7-18(25-2)17(11-15)21-19(23)8-10-22-12-14(13-22)16-5-3-4-9-20-16/h3-7,9,11,14H,8,10,12-13H2,1-2H3,(H,21,23). The summed E-state index contributed by atoms with van der Waals surface area (Å²) in [5.41, 5.74) is 1.76. The maximum atomic E-state index is 12.2. The average molecular weight is 341 g/mol. The molecule has 0 aliphatic carbocycles. The Kier molecular flexibility index (Phi) is 5.50. The third kappa shape index (κ3) is 4.28. The summed E-state index contributed by atoms with van der Waals surface area (Å²) in [5, 5.41) is 2.90. The van der Waals surface area contributed by atoms with Crippen LogP contribution >= 0.6 is 0 Å². The number of hydrogen-bond acceptors (Lipinski definition) is 5. The maximum absolute atomic E-state index is 12.2. The van der Waals surface area contributed by atoms with Gasteiger partial charge in [0.15, 0.2) is 0 Å². The van der Waals surface area contributed by atoms with Gasteiger partial charge in [0.25, 0.3) is 0 Å². The van der Waals surface area contributed by atoms with Crippen molar-refractivity contribution in [3.05, 3.63) is 48.3 Å². The van der Waals surface area contributed by atoms with Crippen molar-refractivity contribution in [2.24, 2.45) is 0 Å². The van der Waals surface area contributed by atoms with Crippen molar-refractivity contribution in [3.63, 3.8) is 0 Å². The first kappa shape index (κ1) is 17.2. The number of hydrogen-bond donors (Lipinski definition) is 1. The number of ether oxygens (including phenoxy) is 2. The molecule has 0 radical (unpaired) electrons. The van der Waals surface area contributed by atoms with Crippen molar-refractivity contribution in [2.45, 2.75) is 12.3 Å². The Morgan fingerprint density at radius 1 is 1.24 bits per heavy atom. The van der Waals surface area contributed by atoms with Crippen LogP contribution in [-0.4, -0.2) is 49.6 Å². The zero-order chi connectivity index (χ0) is 17.6. The van der Waals surface area contributed by atoms with Gasteiger partial charge in [0.05, 0.1) is 19.9 Å². The molecule has 1 aromatic carbocycles. The van der Waals surface area contributed by atoms with Gasteiger partial charge in [-0.15, -0.1) is 0 Å². The van der Waals surface area contributed by atoms with Gasteiger partial charge in [0.2, 0.25) is 5.91 Å². The van der Waals surface area contributed by atoms with Gasteiger partial charge in [0, 0.05) is 49.9 Å². The molecule has 0 unspecified atom stereocenters. The Morgan fingerprint density at radius 2 is 2.08 bits per heavy atom. The smallest absolute Gasteiger partial charge is 0.225 e. The van der Waals surface area contributed by atoms with Crippen LogP contribution in [0.3, 0.4) is 0 Å². The molecule has 1 aromatic heterocycles. The van der Waals surface area contributed by atoms with Crippen LogP contribution in [0.2, 0.25) is 0 Å². The number of pyridine rings is 1. The highest BCUT2D eigenvalue weighted by Crippen LogP contribution is 2.29. The van der Waals surface area contributed by atoms with Crippen LogP contribution in [0.15, 0.2) is 42.6 Å². The first-order valence-corrected chi connectivity index (χ1v) is 8.34. The zero-order valence-corrected chi connectivity index (χ0v) is 14.6. The van der Waals surface area contributed by atoms with Crippen molar-refractivity contribution in [1.82, 2.24) is 9.88 Å². The van der Waals surface area contributed by atoms with E-state index >= 15 is 0 Å². The lowest BCUT2D eigenvalue weighted by molar-refractivity contribution is -0.116. The molecule has 0 bridgehead atoms. The van der Waals surface area contributed by atoms with Gasteiger partial charge in [-0.25, -0.2) is 0 Å². The van der Waals surface area contributed by atoms with Crippen LogP contribution in [0, 0.1) is 0 Å². The molecule has 1 saturated heterocycles. The van der Waals surface area contributed by atoms with Gasteiger partial charge >= 0.3 is 0 Å². The molecule has 0 saturated carbocycles. The van der Waals surface area contributed by atoms with Crippen molar-refractivity contribution >= 4 is 11.6 Å². The van der Waals surface area contributed by atoms with Gasteiger partial charge in [-0.05, 0) is 24.3 Å². The van der Waals surface area contributed by atoms with E-state index < -0.39 is 0 Å². The van der Waals surface area contributed by atoms with Crippen molar-refractivity contribution in [3.8, 4) is 11.5 Å². The number of amides is 1. The van der Waals surface area contributed by atoms with Gasteiger partial charge in [0.1, 0.15) is 11.5 Å². The van der Waals surface area contributed by atoms with Gasteiger partial charge in [-0.1, -0.05) is 6.07 Å². The van der Waals surface area contributed by atoms with E-state index in [2.05, 4.69) is 21.3 Å². The average Bonchev–Trinajstić information content (AvgIpc) is 2.61. The molecule has 132 valence electrons. The quantitative estimate of drug-likeness (QED) is 0.838. The van der Waals surface area contributed by atoms with Crippen LogP contribution in [0.5, 0.6) is 11.5 Å². The summed E-state index contributed by atoms with van der Waals surface area (Å²) in [5.74, 6) is 1.74. The highest BCUT2D eigenvalue weighted by Gasteiger charge is 2.28. The Bertz CT molecular complexity index is 715. The van der Waals surface area contributed by atoms with Crippen LogP contribution in [0.4, 0.5) is 5.69 Å². The Balaban J connectivity index is 1.46. The summed E-state index contributed by atoms with van der Waals surface area (Å²) >= 11 is 0. The lowest BCUT2D eigenvalue weighted by Crippen LogP contribution is -2.46. The van der Waals surface area contributed by atoms with Crippen LogP contribution in [-0.2, 0) is 4.79 Å². The molecule has 2 heterocycles. The molecule has 0 spiro atoms. The van der Waals surface area contributed by atoms with Gasteiger partial charge < -0.3 is 19.7 Å². The van der Waals surface area contributed by atoms with Gasteiger partial charge in [-0.2, -0.15) is 0 Å². The summed E-state index contributed by atoms with van der Waals surface area (Å²) in [6.07, 6.45) is 2.27. The van der Waals surface area contributed by atoms with E-state index in [1.165, 1.54) is 0 Å². The van der Waals surface area contributed by atoms with Crippen molar-refractivity contribution in [2.75, 3.05) is 39.2 Å². The van der Waals surface area contributed by atoms with E-state index in [0.29, 0.717) is 29.5 Å². The summed E-state index contributed by atoms with van der Waals surface area (Å²) in [6, 6.07) is 11.3. The zero-order valence-electron chi connectivity index (χ0n) is 14.6. The summed E-state index contributed by atoms with van der Waals surface area (Å²) in [6.45, 7) is 2.64. The summed E-state index contributed by atoms with van der Waals surface area (Å²) in [7, 11) is 3.17. The minimum absolute atomic E-state index is 0.0344. The van der Waals surface area contributed by atoms with E-state index in [1.54, 1.807) is 32.4 Å². The second-order valence-corrected chi connectivity index (χ2v) is 6.08. The van der Waals surface area contributed by atoms with Crippen LogP contribution < -0.4 is 14.8 Å². The highest BCUT2D eigenvalue weighted by molar-refractivity contribution is 5.92. The number of aromatic nitrogens is 1. The first-order chi connectivity index (χ1) is 12.2. The molecular weight excluding hydrogens is 318 g/mol. The SMILES string of the molecule is COc1ccc(OC)c(NC(=O)CCN2CC(c3ccccn3)C2)c1. The minimum atomic E-state index is -0.0344. The second kappa shape index (κ2) is 7.98. The largest absolute Gasteiger partial charge is 0.497 e. The summed E-state index contributed by atoms with van der Waals surface area (Å²) < 4.78 is 10.5. The predicted octanol–water partition coefficient (Wildman–Crippen LogP) is 2.53. The van der Waals surface area contributed by atoms with E-state index in [1.807, 2.05) is 18.3 Å². The molecule has 1 aliphatic heterocycles. The lowest BCUT2D eigenvalue weighted by Gasteiger charge is -2.38. The monoisotopic (exact) mass is 341 g/mol. The third-order valence-electron chi connectivity index (χ3n) is 4.40. The maximum Gasteiger partial charge on any atom is 0.225 e. The molecule has 6 heteroatoms. The fourth-order valence-corrected chi connectivity index (χ4v) is 2.94. The molecule has 0 atom stereocenters. The predicted molar refractivity (Wildman–Crippen MR) is 96.2 cm³/mol. The van der Waals surface area contributed by atoms with E-state index in [9.17, 15) is 4.79 Å². The molecular formula is C19H23N3O3. The normalized spacial score (nSPS) is 14.6. The molecule has 3 rings (SSSR count). The van der Waals surface area contributed by atoms with E-state index in [4.69, 9.17) is 9.47 Å². The number of rotatable bonds is 7. The molecule has 1 amide bonds. The first-order valence-electron chi connectivity index (χ1n) is 8.34. The minimum Gasteiger partial charge on any atom is -0.497 e. The van der Waals surface area contributed by atoms with E-state index in [-0.39, 0.29) is 5.91 Å². The Hall–Kier alpha value is -2.60. The molecule has 25 heavy (non-hydrogen) atoms. The van der Waals surface area contributed by atoms with Crippen LogP contribution in [0.25, 0.3) is 0 Å². The second-order valence-electron chi connectivity index (χ2n) is 6.08. The number of likely N-dealkylation sites (tertiary alicyclic amines) is 1. The number of nitrogens with one attached hydrogen (secondary N) is 1. The third-order valence-corrected chi connectivity index (χ3v) is 4.40. The fraction of sp³-hybridized carbons (Fsp3) is 0.368. The number of carbonyl (C=O) groups excluding carboxylic acids is 1. The molecule has 1 N–H and O–H groups in total.